The van der Waals surface area contributed by atoms with Crippen molar-refractivity contribution in [3.8, 4) is 0 Å². The summed E-state index contributed by atoms with van der Waals surface area (Å²) < 4.78 is 2.07. The number of thioether (sulfide) groups is 1. The fourth-order valence-electron chi connectivity index (χ4n) is 2.10. The first-order valence-electron chi connectivity index (χ1n) is 6.27. The van der Waals surface area contributed by atoms with E-state index >= 15 is 0 Å². The summed E-state index contributed by atoms with van der Waals surface area (Å²) in [5.41, 5.74) is 0.913. The molecule has 0 aliphatic carbocycles. The fraction of sp³-hybridized carbons (Fsp3) is 0.0625. The highest BCUT2D eigenvalue weighted by molar-refractivity contribution is 9.10. The summed E-state index contributed by atoms with van der Waals surface area (Å²) in [6.07, 6.45) is 0. The van der Waals surface area contributed by atoms with Gasteiger partial charge in [-0.2, -0.15) is 0 Å². The van der Waals surface area contributed by atoms with E-state index in [0.717, 1.165) is 25.0 Å². The first-order valence-corrected chi connectivity index (χ1v) is 8.87. The Morgan fingerprint density at radius 3 is 2.57 bits per heavy atom. The zero-order valence-corrected chi connectivity index (χ0v) is 14.1. The van der Waals surface area contributed by atoms with Crippen molar-refractivity contribution in [2.24, 2.45) is 0 Å². The summed E-state index contributed by atoms with van der Waals surface area (Å²) in [7, 11) is 0. The Morgan fingerprint density at radius 1 is 1.14 bits per heavy atom. The Bertz CT molecular complexity index is 794. The van der Waals surface area contributed by atoms with Gasteiger partial charge in [0.1, 0.15) is 4.88 Å². The second kappa shape index (κ2) is 6.22. The predicted octanol–water partition coefficient (Wildman–Crippen LogP) is 5.65. The standard InChI is InChI=1S/C16H11BrO2S2/c17-10-5-7-11(8-6-10)20-9-13-12-3-1-2-4-14(12)21-15(13)16(18)19/h1-8H,9H2,(H,18,19). The Labute approximate surface area is 138 Å². The molecule has 5 heteroatoms. The average Bonchev–Trinajstić information content (AvgIpc) is 2.86. The molecule has 1 heterocycles. The maximum Gasteiger partial charge on any atom is 0.346 e. The SMILES string of the molecule is O=C(O)c1sc2ccccc2c1CSc1ccc(Br)cc1. The normalized spacial score (nSPS) is 10.9. The van der Waals surface area contributed by atoms with Crippen LogP contribution in [0.2, 0.25) is 0 Å². The van der Waals surface area contributed by atoms with Crippen LogP contribution in [-0.4, -0.2) is 11.1 Å². The molecule has 0 bridgehead atoms. The molecule has 106 valence electrons. The van der Waals surface area contributed by atoms with Crippen molar-refractivity contribution >= 4 is 55.1 Å². The smallest absolute Gasteiger partial charge is 0.346 e. The van der Waals surface area contributed by atoms with Gasteiger partial charge in [-0.15, -0.1) is 23.1 Å². The number of rotatable bonds is 4. The van der Waals surface area contributed by atoms with Crippen LogP contribution in [0.3, 0.4) is 0 Å². The highest BCUT2D eigenvalue weighted by atomic mass is 79.9. The number of hydrogen-bond donors (Lipinski definition) is 1. The molecular weight excluding hydrogens is 368 g/mol. The molecule has 21 heavy (non-hydrogen) atoms. The second-order valence-corrected chi connectivity index (χ2v) is 7.47. The van der Waals surface area contributed by atoms with Crippen molar-refractivity contribution in [2.45, 2.75) is 10.6 Å². The quantitative estimate of drug-likeness (QED) is 0.595. The summed E-state index contributed by atoms with van der Waals surface area (Å²) in [5, 5.41) is 10.4. The van der Waals surface area contributed by atoms with Crippen LogP contribution < -0.4 is 0 Å². The molecule has 0 radical (unpaired) electrons. The van der Waals surface area contributed by atoms with E-state index in [1.165, 1.54) is 11.3 Å². The minimum absolute atomic E-state index is 0.445. The van der Waals surface area contributed by atoms with Crippen LogP contribution in [0.5, 0.6) is 0 Å². The second-order valence-electron chi connectivity index (χ2n) is 4.45. The molecule has 0 saturated heterocycles. The zero-order valence-electron chi connectivity index (χ0n) is 10.9. The van der Waals surface area contributed by atoms with Crippen molar-refractivity contribution in [3.05, 3.63) is 63.4 Å². The molecular formula is C16H11BrO2S2. The molecule has 0 unspecified atom stereocenters. The van der Waals surface area contributed by atoms with Gasteiger partial charge in [0.25, 0.3) is 0 Å². The van der Waals surface area contributed by atoms with E-state index in [1.54, 1.807) is 11.8 Å². The van der Waals surface area contributed by atoms with Crippen molar-refractivity contribution in [3.63, 3.8) is 0 Å². The Hall–Kier alpha value is -1.30. The van der Waals surface area contributed by atoms with Crippen molar-refractivity contribution < 1.29 is 9.90 Å². The third-order valence-corrected chi connectivity index (χ3v) is 5.86. The van der Waals surface area contributed by atoms with E-state index in [0.29, 0.717) is 10.6 Å². The van der Waals surface area contributed by atoms with Crippen LogP contribution in [0.4, 0.5) is 0 Å². The predicted molar refractivity (Wildman–Crippen MR) is 92.5 cm³/mol. The van der Waals surface area contributed by atoms with Crippen molar-refractivity contribution in [2.75, 3.05) is 0 Å². The molecule has 3 aromatic rings. The summed E-state index contributed by atoms with van der Waals surface area (Å²) >= 11 is 6.42. The van der Waals surface area contributed by atoms with Gasteiger partial charge in [0.15, 0.2) is 0 Å². The summed E-state index contributed by atoms with van der Waals surface area (Å²) in [6.45, 7) is 0. The van der Waals surface area contributed by atoms with Gasteiger partial charge in [0.2, 0.25) is 0 Å². The van der Waals surface area contributed by atoms with Crippen molar-refractivity contribution in [1.82, 2.24) is 0 Å². The number of aromatic carboxylic acids is 1. The molecule has 2 aromatic carbocycles. The molecule has 0 saturated carbocycles. The zero-order chi connectivity index (χ0) is 14.8. The van der Waals surface area contributed by atoms with Gasteiger partial charge in [-0.3, -0.25) is 0 Å². The number of benzene rings is 2. The highest BCUT2D eigenvalue weighted by Crippen LogP contribution is 2.35. The first-order chi connectivity index (χ1) is 10.1. The molecule has 0 fully saturated rings. The molecule has 0 aliphatic heterocycles. The van der Waals surface area contributed by atoms with E-state index in [-0.39, 0.29) is 0 Å². The van der Waals surface area contributed by atoms with E-state index in [2.05, 4.69) is 15.9 Å². The minimum Gasteiger partial charge on any atom is -0.477 e. The lowest BCUT2D eigenvalue weighted by Crippen LogP contribution is -1.96. The van der Waals surface area contributed by atoms with Crippen LogP contribution in [-0.2, 0) is 5.75 Å². The maximum atomic E-state index is 11.4. The number of halogens is 1. The largest absolute Gasteiger partial charge is 0.477 e. The van der Waals surface area contributed by atoms with Crippen LogP contribution in [0.15, 0.2) is 57.9 Å². The summed E-state index contributed by atoms with van der Waals surface area (Å²) in [4.78, 5) is 13.0. The number of carbonyl (C=O) groups is 1. The minimum atomic E-state index is -0.845. The van der Waals surface area contributed by atoms with Crippen molar-refractivity contribution in [1.29, 1.82) is 0 Å². The van der Waals surface area contributed by atoms with Crippen LogP contribution in [0.1, 0.15) is 15.2 Å². The van der Waals surface area contributed by atoms with E-state index in [4.69, 9.17) is 0 Å². The monoisotopic (exact) mass is 378 g/mol. The third kappa shape index (κ3) is 3.15. The molecule has 0 amide bonds. The number of hydrogen-bond acceptors (Lipinski definition) is 3. The number of fused-ring (bicyclic) bond motifs is 1. The lowest BCUT2D eigenvalue weighted by atomic mass is 10.1. The molecule has 0 spiro atoms. The van der Waals surface area contributed by atoms with Gasteiger partial charge < -0.3 is 5.11 Å². The lowest BCUT2D eigenvalue weighted by molar-refractivity contribution is 0.0701. The summed E-state index contributed by atoms with van der Waals surface area (Å²) in [5.74, 6) is -0.185. The molecule has 0 atom stereocenters. The fourth-order valence-corrected chi connectivity index (χ4v) is 4.46. The Morgan fingerprint density at radius 2 is 1.86 bits per heavy atom. The molecule has 1 N–H and O–H groups in total. The van der Waals surface area contributed by atoms with E-state index in [9.17, 15) is 9.90 Å². The van der Waals surface area contributed by atoms with Gasteiger partial charge in [-0.25, -0.2) is 4.79 Å². The Kier molecular flexibility index (Phi) is 4.33. The Balaban J connectivity index is 1.93. The summed E-state index contributed by atoms with van der Waals surface area (Å²) in [6, 6.07) is 15.9. The van der Waals surface area contributed by atoms with E-state index in [1.807, 2.05) is 48.5 Å². The van der Waals surface area contributed by atoms with Gasteiger partial charge in [0, 0.05) is 19.8 Å². The van der Waals surface area contributed by atoms with Gasteiger partial charge in [-0.05, 0) is 41.3 Å². The topological polar surface area (TPSA) is 37.3 Å². The van der Waals surface area contributed by atoms with Gasteiger partial charge in [-0.1, -0.05) is 34.1 Å². The molecule has 2 nitrogen and oxygen atoms in total. The molecule has 0 aliphatic rings. The van der Waals surface area contributed by atoms with Crippen LogP contribution >= 0.6 is 39.0 Å². The molecule has 1 aromatic heterocycles. The van der Waals surface area contributed by atoms with Crippen LogP contribution in [0.25, 0.3) is 10.1 Å². The first kappa shape index (κ1) is 14.6. The maximum absolute atomic E-state index is 11.4. The molecule has 3 rings (SSSR count). The number of carboxylic acids is 1. The average molecular weight is 379 g/mol. The van der Waals surface area contributed by atoms with Gasteiger partial charge in [0.05, 0.1) is 0 Å². The lowest BCUT2D eigenvalue weighted by Gasteiger charge is -2.03. The number of thiophene rings is 1. The van der Waals surface area contributed by atoms with Crippen LogP contribution in [0, 0.1) is 0 Å². The third-order valence-electron chi connectivity index (χ3n) is 3.09. The van der Waals surface area contributed by atoms with E-state index < -0.39 is 5.97 Å². The highest BCUT2D eigenvalue weighted by Gasteiger charge is 2.17. The van der Waals surface area contributed by atoms with Gasteiger partial charge >= 0.3 is 5.97 Å². The number of carboxylic acid groups (broad SMARTS) is 1.